The summed E-state index contributed by atoms with van der Waals surface area (Å²) in [6.07, 6.45) is 0.275. The third-order valence-corrected chi connectivity index (χ3v) is 4.13. The maximum atomic E-state index is 5.73. The molecule has 2 N–H and O–H groups in total. The van der Waals surface area contributed by atoms with Gasteiger partial charge in [0.2, 0.25) is 0 Å². The molecule has 0 spiro atoms. The Bertz CT molecular complexity index is 384. The molecule has 0 saturated carbocycles. The highest BCUT2D eigenvalue weighted by Crippen LogP contribution is 2.20. The molecule has 102 valence electrons. The van der Waals surface area contributed by atoms with Crippen LogP contribution in [0.2, 0.25) is 0 Å². The van der Waals surface area contributed by atoms with Crippen LogP contribution in [-0.4, -0.2) is 58.3 Å². The maximum absolute atomic E-state index is 5.73. The van der Waals surface area contributed by atoms with Gasteiger partial charge >= 0.3 is 0 Å². The van der Waals surface area contributed by atoms with Crippen molar-refractivity contribution in [3.05, 3.63) is 5.82 Å². The fourth-order valence-electron chi connectivity index (χ4n) is 2.03. The van der Waals surface area contributed by atoms with Crippen molar-refractivity contribution < 1.29 is 4.74 Å². The second kappa shape index (κ2) is 6.51. The average molecular weight is 271 g/mol. The van der Waals surface area contributed by atoms with Crippen molar-refractivity contribution in [2.45, 2.75) is 31.3 Å². The molecule has 0 radical (unpaired) electrons. The highest BCUT2D eigenvalue weighted by molar-refractivity contribution is 7.99. The van der Waals surface area contributed by atoms with Crippen LogP contribution in [-0.2, 0) is 17.8 Å². The highest BCUT2D eigenvalue weighted by atomic mass is 32.2. The van der Waals surface area contributed by atoms with E-state index >= 15 is 0 Å². The first kappa shape index (κ1) is 13.8. The molecule has 2 rings (SSSR count). The molecule has 1 aliphatic rings. The Kier molecular flexibility index (Phi) is 4.99. The lowest BCUT2D eigenvalue weighted by Crippen LogP contribution is -2.41. The van der Waals surface area contributed by atoms with Crippen molar-refractivity contribution >= 4 is 11.8 Å². The summed E-state index contributed by atoms with van der Waals surface area (Å²) < 4.78 is 7.80. The van der Waals surface area contributed by atoms with E-state index in [2.05, 4.69) is 33.6 Å². The standard InChI is InChI=1S/C11H21N5OS/c1-3-16-10(6-12)13-14-11(16)18-8-9-7-15(2)4-5-17-9/h9H,3-8,12H2,1-2H3. The van der Waals surface area contributed by atoms with Gasteiger partial charge in [0.05, 0.1) is 19.3 Å². The third-order valence-electron chi connectivity index (χ3n) is 3.03. The first-order valence-electron chi connectivity index (χ1n) is 6.29. The topological polar surface area (TPSA) is 69.2 Å². The predicted molar refractivity (Wildman–Crippen MR) is 71.5 cm³/mol. The van der Waals surface area contributed by atoms with Gasteiger partial charge in [-0.3, -0.25) is 0 Å². The Hall–Kier alpha value is -0.630. The van der Waals surface area contributed by atoms with Crippen LogP contribution in [0, 0.1) is 0 Å². The van der Waals surface area contributed by atoms with Crippen LogP contribution in [0.3, 0.4) is 0 Å². The van der Waals surface area contributed by atoms with E-state index in [9.17, 15) is 0 Å². The van der Waals surface area contributed by atoms with Crippen LogP contribution >= 0.6 is 11.8 Å². The molecule has 1 saturated heterocycles. The number of likely N-dealkylation sites (N-methyl/N-ethyl adjacent to an activating group) is 1. The van der Waals surface area contributed by atoms with Gasteiger partial charge in [-0.05, 0) is 14.0 Å². The monoisotopic (exact) mass is 271 g/mol. The van der Waals surface area contributed by atoms with E-state index in [-0.39, 0.29) is 6.10 Å². The lowest BCUT2D eigenvalue weighted by atomic mass is 10.3. The summed E-state index contributed by atoms with van der Waals surface area (Å²) in [6, 6.07) is 0. The number of ether oxygens (including phenoxy) is 1. The van der Waals surface area contributed by atoms with Crippen LogP contribution in [0.4, 0.5) is 0 Å². The van der Waals surface area contributed by atoms with Gasteiger partial charge < -0.3 is 19.9 Å². The molecular weight excluding hydrogens is 250 g/mol. The lowest BCUT2D eigenvalue weighted by molar-refractivity contribution is -0.00601. The van der Waals surface area contributed by atoms with Crippen LogP contribution in [0.15, 0.2) is 5.16 Å². The van der Waals surface area contributed by atoms with Gasteiger partial charge in [0.15, 0.2) is 5.16 Å². The first-order valence-corrected chi connectivity index (χ1v) is 7.28. The van der Waals surface area contributed by atoms with E-state index in [0.29, 0.717) is 6.54 Å². The number of nitrogens with zero attached hydrogens (tertiary/aromatic N) is 4. The van der Waals surface area contributed by atoms with E-state index < -0.39 is 0 Å². The smallest absolute Gasteiger partial charge is 0.191 e. The molecule has 2 heterocycles. The SMILES string of the molecule is CCn1c(CN)nnc1SCC1CN(C)CCO1. The van der Waals surface area contributed by atoms with Gasteiger partial charge in [0.25, 0.3) is 0 Å². The Morgan fingerprint density at radius 2 is 2.33 bits per heavy atom. The molecule has 7 heteroatoms. The van der Waals surface area contributed by atoms with Gasteiger partial charge in [0.1, 0.15) is 5.82 Å². The van der Waals surface area contributed by atoms with Crippen molar-refractivity contribution in [3.63, 3.8) is 0 Å². The van der Waals surface area contributed by atoms with E-state index in [1.54, 1.807) is 11.8 Å². The molecule has 0 aliphatic carbocycles. The number of hydrogen-bond donors (Lipinski definition) is 1. The second-order valence-corrected chi connectivity index (χ2v) is 5.40. The number of morpholine rings is 1. The molecule has 18 heavy (non-hydrogen) atoms. The van der Waals surface area contributed by atoms with Crippen molar-refractivity contribution in [3.8, 4) is 0 Å². The molecule has 1 aromatic heterocycles. The molecule has 1 aliphatic heterocycles. The summed E-state index contributed by atoms with van der Waals surface area (Å²) in [5, 5.41) is 9.23. The lowest BCUT2D eigenvalue weighted by Gasteiger charge is -2.29. The molecule has 0 amide bonds. The zero-order valence-corrected chi connectivity index (χ0v) is 11.8. The average Bonchev–Trinajstić information content (AvgIpc) is 2.78. The van der Waals surface area contributed by atoms with Crippen molar-refractivity contribution in [1.29, 1.82) is 0 Å². The predicted octanol–water partition coefficient (Wildman–Crippen LogP) is 0.179. The zero-order chi connectivity index (χ0) is 13.0. The van der Waals surface area contributed by atoms with E-state index in [1.807, 2.05) is 0 Å². The number of hydrogen-bond acceptors (Lipinski definition) is 6. The molecule has 0 aromatic carbocycles. The van der Waals surface area contributed by atoms with Gasteiger partial charge in [-0.2, -0.15) is 0 Å². The number of thioether (sulfide) groups is 1. The van der Waals surface area contributed by atoms with Crippen molar-refractivity contribution in [2.75, 3.05) is 32.5 Å². The maximum Gasteiger partial charge on any atom is 0.191 e. The van der Waals surface area contributed by atoms with Crippen LogP contribution in [0.25, 0.3) is 0 Å². The molecule has 1 unspecified atom stereocenters. The minimum atomic E-state index is 0.275. The van der Waals surface area contributed by atoms with Crippen LogP contribution in [0.5, 0.6) is 0 Å². The Morgan fingerprint density at radius 3 is 3.00 bits per heavy atom. The molecule has 1 aromatic rings. The summed E-state index contributed by atoms with van der Waals surface area (Å²) in [5.41, 5.74) is 5.63. The number of nitrogens with two attached hydrogens (primary N) is 1. The van der Waals surface area contributed by atoms with E-state index in [0.717, 1.165) is 43.0 Å². The van der Waals surface area contributed by atoms with Crippen LogP contribution in [0.1, 0.15) is 12.7 Å². The van der Waals surface area contributed by atoms with Crippen LogP contribution < -0.4 is 5.73 Å². The van der Waals surface area contributed by atoms with E-state index in [4.69, 9.17) is 10.5 Å². The van der Waals surface area contributed by atoms with Crippen molar-refractivity contribution in [1.82, 2.24) is 19.7 Å². The zero-order valence-electron chi connectivity index (χ0n) is 11.0. The van der Waals surface area contributed by atoms with E-state index in [1.165, 1.54) is 0 Å². The molecule has 1 fully saturated rings. The minimum absolute atomic E-state index is 0.275. The van der Waals surface area contributed by atoms with Gasteiger partial charge in [-0.15, -0.1) is 10.2 Å². The van der Waals surface area contributed by atoms with Gasteiger partial charge in [-0.1, -0.05) is 11.8 Å². The minimum Gasteiger partial charge on any atom is -0.375 e. The largest absolute Gasteiger partial charge is 0.375 e. The number of aromatic nitrogens is 3. The molecular formula is C11H21N5OS. The summed E-state index contributed by atoms with van der Waals surface area (Å²) >= 11 is 1.70. The fourth-order valence-corrected chi connectivity index (χ4v) is 3.06. The Labute approximate surface area is 112 Å². The summed E-state index contributed by atoms with van der Waals surface area (Å²) in [4.78, 5) is 2.30. The summed E-state index contributed by atoms with van der Waals surface area (Å²) in [5.74, 6) is 1.76. The Balaban J connectivity index is 1.91. The normalized spacial score (nSPS) is 21.4. The molecule has 6 nitrogen and oxygen atoms in total. The first-order chi connectivity index (χ1) is 8.74. The number of rotatable bonds is 5. The summed E-state index contributed by atoms with van der Waals surface area (Å²) in [6.45, 7) is 6.19. The Morgan fingerprint density at radius 1 is 1.50 bits per heavy atom. The molecule has 1 atom stereocenters. The third kappa shape index (κ3) is 3.23. The van der Waals surface area contributed by atoms with Crippen molar-refractivity contribution in [2.24, 2.45) is 5.73 Å². The van der Waals surface area contributed by atoms with Gasteiger partial charge in [-0.25, -0.2) is 0 Å². The van der Waals surface area contributed by atoms with Gasteiger partial charge in [0, 0.05) is 25.4 Å². The highest BCUT2D eigenvalue weighted by Gasteiger charge is 2.19. The quantitative estimate of drug-likeness (QED) is 0.771. The summed E-state index contributed by atoms with van der Waals surface area (Å²) in [7, 11) is 2.13. The molecule has 0 bridgehead atoms. The second-order valence-electron chi connectivity index (χ2n) is 4.41. The fraction of sp³-hybridized carbons (Fsp3) is 0.818.